The Balaban J connectivity index is 1.63. The summed E-state index contributed by atoms with van der Waals surface area (Å²) in [6, 6.07) is 11.6. The van der Waals surface area contributed by atoms with Crippen LogP contribution in [0.1, 0.15) is 77.2 Å². The van der Waals surface area contributed by atoms with Crippen molar-refractivity contribution in [2.45, 2.75) is 97.4 Å². The number of aliphatic hydroxyl groups excluding tert-OH is 1. The summed E-state index contributed by atoms with van der Waals surface area (Å²) in [4.78, 5) is 54.0. The third kappa shape index (κ3) is 9.64. The molecule has 1 saturated heterocycles. The van der Waals surface area contributed by atoms with Gasteiger partial charge in [-0.15, -0.1) is 0 Å². The second-order valence-corrected chi connectivity index (χ2v) is 14.8. The number of carbonyl (C=O) groups is 4. The highest BCUT2D eigenvalue weighted by atomic mass is 35.5. The van der Waals surface area contributed by atoms with Gasteiger partial charge in [-0.2, -0.15) is 0 Å². The average molecular weight is 713 g/mol. The van der Waals surface area contributed by atoms with E-state index >= 15 is 0 Å². The fourth-order valence-electron chi connectivity index (χ4n) is 5.93. The molecule has 11 nitrogen and oxygen atoms in total. The van der Waals surface area contributed by atoms with Crippen LogP contribution in [0.3, 0.4) is 0 Å². The van der Waals surface area contributed by atoms with E-state index in [9.17, 15) is 24.3 Å². The quantitative estimate of drug-likeness (QED) is 0.241. The number of hydrogen-bond donors (Lipinski definition) is 3. The summed E-state index contributed by atoms with van der Waals surface area (Å²) < 4.78 is 23.4. The zero-order valence-electron chi connectivity index (χ0n) is 29.8. The van der Waals surface area contributed by atoms with Crippen molar-refractivity contribution in [2.75, 3.05) is 13.7 Å². The number of epoxide rings is 1. The molecule has 3 N–H and O–H groups in total. The highest BCUT2D eigenvalue weighted by molar-refractivity contribution is 6.32. The fourth-order valence-corrected chi connectivity index (χ4v) is 6.22. The van der Waals surface area contributed by atoms with Crippen molar-refractivity contribution < 1.29 is 43.2 Å². The Morgan fingerprint density at radius 1 is 1.00 bits per heavy atom. The second-order valence-electron chi connectivity index (χ2n) is 14.3. The maximum atomic E-state index is 13.7. The SMILES string of the molecule is COc1ccc(C[C@H]2NC(=O)/C=C/C[C@@H]([C@H](C)C3(C)O[C@@H]3c3ccc(CO)cc3)OC(=O)[C@H](CC(C)C)OC(=O)C(C)(C)CNC2=O)cc1Cl. The van der Waals surface area contributed by atoms with E-state index in [1.807, 2.05) is 52.0 Å². The van der Waals surface area contributed by atoms with Crippen molar-refractivity contribution in [3.63, 3.8) is 0 Å². The molecule has 0 aliphatic carbocycles. The van der Waals surface area contributed by atoms with Crippen LogP contribution in [0.15, 0.2) is 54.6 Å². The lowest BCUT2D eigenvalue weighted by molar-refractivity contribution is -0.179. The first-order chi connectivity index (χ1) is 23.6. The van der Waals surface area contributed by atoms with Crippen molar-refractivity contribution >= 4 is 35.4 Å². The summed E-state index contributed by atoms with van der Waals surface area (Å²) in [7, 11) is 1.50. The average Bonchev–Trinajstić information content (AvgIpc) is 3.77. The molecule has 272 valence electrons. The number of esters is 2. The zero-order valence-corrected chi connectivity index (χ0v) is 30.5. The first-order valence-electron chi connectivity index (χ1n) is 16.9. The van der Waals surface area contributed by atoms with Gasteiger partial charge in [0.05, 0.1) is 24.2 Å². The van der Waals surface area contributed by atoms with Gasteiger partial charge in [-0.1, -0.05) is 68.8 Å². The number of aliphatic hydroxyl groups is 1. The highest BCUT2D eigenvalue weighted by Gasteiger charge is 2.59. The van der Waals surface area contributed by atoms with Gasteiger partial charge in [-0.25, -0.2) is 4.79 Å². The summed E-state index contributed by atoms with van der Waals surface area (Å²) in [5.41, 5.74) is 0.449. The predicted molar refractivity (Wildman–Crippen MR) is 187 cm³/mol. The van der Waals surface area contributed by atoms with E-state index < -0.39 is 53.0 Å². The van der Waals surface area contributed by atoms with Gasteiger partial charge < -0.3 is 34.7 Å². The monoisotopic (exact) mass is 712 g/mol. The largest absolute Gasteiger partial charge is 0.495 e. The van der Waals surface area contributed by atoms with Crippen molar-refractivity contribution in [3.05, 3.63) is 76.3 Å². The Bertz CT molecular complexity index is 1570. The van der Waals surface area contributed by atoms with Gasteiger partial charge in [0.1, 0.15) is 29.6 Å². The van der Waals surface area contributed by atoms with Crippen LogP contribution in [-0.2, 0) is 46.4 Å². The third-order valence-corrected chi connectivity index (χ3v) is 9.71. The topological polar surface area (TPSA) is 153 Å². The van der Waals surface area contributed by atoms with E-state index in [-0.39, 0.29) is 50.4 Å². The van der Waals surface area contributed by atoms with Crippen LogP contribution in [0, 0.1) is 17.3 Å². The molecular weight excluding hydrogens is 664 g/mol. The maximum Gasteiger partial charge on any atom is 0.347 e. The van der Waals surface area contributed by atoms with E-state index in [0.717, 1.165) is 11.1 Å². The van der Waals surface area contributed by atoms with Crippen LogP contribution >= 0.6 is 11.6 Å². The van der Waals surface area contributed by atoms with Crippen molar-refractivity contribution in [2.24, 2.45) is 17.3 Å². The van der Waals surface area contributed by atoms with Gasteiger partial charge in [-0.05, 0) is 68.0 Å². The normalized spacial score (nSPS) is 27.4. The molecule has 2 aromatic carbocycles. The molecule has 2 aromatic rings. The minimum absolute atomic E-state index is 0.00371. The zero-order chi connectivity index (χ0) is 36.8. The third-order valence-electron chi connectivity index (χ3n) is 9.41. The summed E-state index contributed by atoms with van der Waals surface area (Å²) in [6.45, 7) is 10.7. The smallest absolute Gasteiger partial charge is 0.347 e. The van der Waals surface area contributed by atoms with Crippen molar-refractivity contribution in [1.29, 1.82) is 0 Å². The molecule has 2 heterocycles. The Morgan fingerprint density at radius 2 is 1.68 bits per heavy atom. The fraction of sp³-hybridized carbons (Fsp3) is 0.526. The van der Waals surface area contributed by atoms with Gasteiger partial charge in [-0.3, -0.25) is 14.4 Å². The molecular formula is C38H49ClN2O9. The van der Waals surface area contributed by atoms with E-state index in [0.29, 0.717) is 16.3 Å². The summed E-state index contributed by atoms with van der Waals surface area (Å²) in [6.07, 6.45) is 1.18. The van der Waals surface area contributed by atoms with E-state index in [4.69, 9.17) is 30.5 Å². The number of benzene rings is 2. The number of hydrogen-bond acceptors (Lipinski definition) is 9. The molecule has 0 radical (unpaired) electrons. The lowest BCUT2D eigenvalue weighted by Crippen LogP contribution is -2.51. The number of rotatable bonds is 9. The van der Waals surface area contributed by atoms with Crippen molar-refractivity contribution in [1.82, 2.24) is 10.6 Å². The number of carbonyl (C=O) groups excluding carboxylic acids is 4. The summed E-state index contributed by atoms with van der Waals surface area (Å²) in [5.74, 6) is -2.29. The van der Waals surface area contributed by atoms with Gasteiger partial charge in [0, 0.05) is 25.3 Å². The second kappa shape index (κ2) is 16.4. The number of amides is 2. The van der Waals surface area contributed by atoms with Gasteiger partial charge in [0.15, 0.2) is 6.10 Å². The van der Waals surface area contributed by atoms with Crippen LogP contribution in [-0.4, -0.2) is 66.4 Å². The van der Waals surface area contributed by atoms with E-state index in [1.165, 1.54) is 13.2 Å². The molecule has 0 spiro atoms. The predicted octanol–water partition coefficient (Wildman–Crippen LogP) is 5.01. The Hall–Kier alpha value is -3.93. The molecule has 2 amide bonds. The molecule has 2 aliphatic rings. The minimum Gasteiger partial charge on any atom is -0.495 e. The molecule has 0 saturated carbocycles. The summed E-state index contributed by atoms with van der Waals surface area (Å²) >= 11 is 6.33. The van der Waals surface area contributed by atoms with Crippen LogP contribution in [0.4, 0.5) is 0 Å². The Morgan fingerprint density at radius 3 is 2.30 bits per heavy atom. The molecule has 0 aromatic heterocycles. The molecule has 6 atom stereocenters. The van der Waals surface area contributed by atoms with Crippen LogP contribution in [0.2, 0.25) is 5.02 Å². The summed E-state index contributed by atoms with van der Waals surface area (Å²) in [5, 5.41) is 15.3. The molecule has 4 rings (SSSR count). The standard InChI is InChI=1S/C38H49ClN2O9/c1-22(2)17-31-35(45)48-29(23(3)38(6)33(50-38)26-14-11-24(20-42)12-15-26)9-8-10-32(43)41-28(19-25-13-16-30(47-7)27(39)18-25)34(44)40-21-37(4,5)36(46)49-31/h8,10-16,18,22-23,28-29,31,33,42H,9,17,19-21H2,1-7H3,(H,40,44)(H,41,43)/b10-8+/t23-,28+,29-,31-,33+,38?/m0/s1. The van der Waals surface area contributed by atoms with Crippen molar-refractivity contribution in [3.8, 4) is 5.75 Å². The number of ether oxygens (including phenoxy) is 4. The maximum absolute atomic E-state index is 13.7. The molecule has 50 heavy (non-hydrogen) atoms. The first kappa shape index (κ1) is 38.9. The first-order valence-corrected chi connectivity index (χ1v) is 17.3. The molecule has 0 bridgehead atoms. The molecule has 2 aliphatic heterocycles. The van der Waals surface area contributed by atoms with Crippen LogP contribution in [0.25, 0.3) is 0 Å². The molecule has 1 unspecified atom stereocenters. The Kier molecular flexibility index (Phi) is 12.7. The minimum atomic E-state index is -1.22. The number of nitrogens with one attached hydrogen (secondary N) is 2. The Labute approximate surface area is 299 Å². The lowest BCUT2D eigenvalue weighted by Gasteiger charge is -2.31. The number of cyclic esters (lactones) is 2. The number of halogens is 1. The highest BCUT2D eigenvalue weighted by Crippen LogP contribution is 2.55. The lowest BCUT2D eigenvalue weighted by atomic mass is 9.84. The van der Waals surface area contributed by atoms with Gasteiger partial charge >= 0.3 is 11.9 Å². The van der Waals surface area contributed by atoms with Crippen LogP contribution in [0.5, 0.6) is 5.75 Å². The number of methoxy groups -OCH3 is 1. The van der Waals surface area contributed by atoms with Gasteiger partial charge in [0.25, 0.3) is 0 Å². The van der Waals surface area contributed by atoms with E-state index in [1.54, 1.807) is 38.1 Å². The van der Waals surface area contributed by atoms with Gasteiger partial charge in [0.2, 0.25) is 11.8 Å². The van der Waals surface area contributed by atoms with Crippen LogP contribution < -0.4 is 15.4 Å². The molecule has 12 heteroatoms. The molecule has 1 fully saturated rings. The van der Waals surface area contributed by atoms with E-state index in [2.05, 4.69) is 10.6 Å².